The van der Waals surface area contributed by atoms with E-state index in [1.54, 1.807) is 13.3 Å². The van der Waals surface area contributed by atoms with Gasteiger partial charge in [0.25, 0.3) is 0 Å². The minimum atomic E-state index is -0.325. The molecule has 0 bridgehead atoms. The number of nitrogens with one attached hydrogen (secondary N) is 1. The molecular formula is C21H31N5O3S. The van der Waals surface area contributed by atoms with Gasteiger partial charge in [0.05, 0.1) is 18.6 Å². The molecule has 0 unspecified atom stereocenters. The molecule has 2 heterocycles. The van der Waals surface area contributed by atoms with Crippen molar-refractivity contribution in [1.29, 1.82) is 0 Å². The predicted octanol–water partition coefficient (Wildman–Crippen LogP) is 3.51. The minimum absolute atomic E-state index is 0.0314. The van der Waals surface area contributed by atoms with Crippen molar-refractivity contribution in [3.8, 4) is 11.6 Å². The molecule has 0 aliphatic heterocycles. The fourth-order valence-electron chi connectivity index (χ4n) is 3.62. The van der Waals surface area contributed by atoms with E-state index in [4.69, 9.17) is 4.42 Å². The first-order valence-electron chi connectivity index (χ1n) is 10.4. The van der Waals surface area contributed by atoms with Crippen LogP contribution >= 0.6 is 11.8 Å². The molecule has 164 valence electrons. The van der Waals surface area contributed by atoms with E-state index in [9.17, 15) is 9.59 Å². The lowest BCUT2D eigenvalue weighted by atomic mass is 9.95. The SMILES string of the molecule is CN(CC(=O)NC(C)(C)C)C(=O)CSc1nnc(-c2ccco2)n1C1CCCCC1. The summed E-state index contributed by atoms with van der Waals surface area (Å²) >= 11 is 1.36. The van der Waals surface area contributed by atoms with E-state index in [-0.39, 0.29) is 29.7 Å². The molecule has 2 aromatic rings. The lowest BCUT2D eigenvalue weighted by Gasteiger charge is -2.25. The third kappa shape index (κ3) is 5.87. The number of amides is 2. The summed E-state index contributed by atoms with van der Waals surface area (Å²) in [6, 6.07) is 4.02. The second-order valence-corrected chi connectivity index (χ2v) is 9.72. The number of likely N-dealkylation sites (N-methyl/N-ethyl adjacent to an activating group) is 1. The molecular weight excluding hydrogens is 402 g/mol. The highest BCUT2D eigenvalue weighted by atomic mass is 32.2. The predicted molar refractivity (Wildman–Crippen MR) is 116 cm³/mol. The van der Waals surface area contributed by atoms with Gasteiger partial charge in [-0.2, -0.15) is 0 Å². The van der Waals surface area contributed by atoms with E-state index in [1.807, 2.05) is 32.9 Å². The van der Waals surface area contributed by atoms with Gasteiger partial charge in [-0.25, -0.2) is 0 Å². The molecule has 0 saturated heterocycles. The zero-order valence-corrected chi connectivity index (χ0v) is 19.0. The summed E-state index contributed by atoms with van der Waals surface area (Å²) in [5.74, 6) is 1.29. The van der Waals surface area contributed by atoms with Gasteiger partial charge in [-0.15, -0.1) is 10.2 Å². The third-order valence-corrected chi connectivity index (χ3v) is 5.92. The van der Waals surface area contributed by atoms with Crippen LogP contribution in [-0.2, 0) is 9.59 Å². The largest absolute Gasteiger partial charge is 0.461 e. The molecule has 30 heavy (non-hydrogen) atoms. The molecule has 0 atom stereocenters. The Morgan fingerprint density at radius 3 is 2.63 bits per heavy atom. The molecule has 0 radical (unpaired) electrons. The summed E-state index contributed by atoms with van der Waals surface area (Å²) in [6.07, 6.45) is 7.37. The molecule has 1 aliphatic rings. The van der Waals surface area contributed by atoms with Crippen molar-refractivity contribution >= 4 is 23.6 Å². The Hall–Kier alpha value is -2.29. The highest BCUT2D eigenvalue weighted by Gasteiger charge is 2.26. The van der Waals surface area contributed by atoms with Gasteiger partial charge in [-0.05, 0) is 45.7 Å². The summed E-state index contributed by atoms with van der Waals surface area (Å²) in [5, 5.41) is 12.3. The van der Waals surface area contributed by atoms with E-state index in [0.717, 1.165) is 12.8 Å². The monoisotopic (exact) mass is 433 g/mol. The molecule has 2 amide bonds. The van der Waals surface area contributed by atoms with Gasteiger partial charge >= 0.3 is 0 Å². The number of nitrogens with zero attached hydrogens (tertiary/aromatic N) is 4. The van der Waals surface area contributed by atoms with Gasteiger partial charge in [0, 0.05) is 18.6 Å². The number of thioether (sulfide) groups is 1. The van der Waals surface area contributed by atoms with E-state index in [2.05, 4.69) is 20.1 Å². The maximum atomic E-state index is 12.6. The summed E-state index contributed by atoms with van der Waals surface area (Å²) < 4.78 is 7.69. The van der Waals surface area contributed by atoms with Crippen molar-refractivity contribution in [3.63, 3.8) is 0 Å². The van der Waals surface area contributed by atoms with Gasteiger partial charge in [-0.1, -0.05) is 31.0 Å². The number of furan rings is 1. The summed E-state index contributed by atoms with van der Waals surface area (Å²) in [6.45, 7) is 5.77. The molecule has 0 spiro atoms. The summed E-state index contributed by atoms with van der Waals surface area (Å²) in [4.78, 5) is 26.1. The first-order valence-corrected chi connectivity index (χ1v) is 11.4. The van der Waals surface area contributed by atoms with Gasteiger partial charge in [-0.3, -0.25) is 14.2 Å². The molecule has 1 aliphatic carbocycles. The molecule has 8 nitrogen and oxygen atoms in total. The van der Waals surface area contributed by atoms with Gasteiger partial charge in [0.2, 0.25) is 17.6 Å². The standard InChI is InChI=1S/C21H31N5O3S/c1-21(2,3)22-17(27)13-25(4)18(28)14-30-20-24-23-19(16-11-8-12-29-16)26(20)15-9-6-5-7-10-15/h8,11-12,15H,5-7,9-10,13-14H2,1-4H3,(H,22,27). The van der Waals surface area contributed by atoms with Crippen LogP contribution in [0.2, 0.25) is 0 Å². The Kier molecular flexibility index (Phi) is 7.23. The smallest absolute Gasteiger partial charge is 0.240 e. The Labute approximate surface area is 181 Å². The molecule has 9 heteroatoms. The molecule has 0 aromatic carbocycles. The first-order chi connectivity index (χ1) is 14.2. The van der Waals surface area contributed by atoms with Crippen molar-refractivity contribution in [2.75, 3.05) is 19.3 Å². The van der Waals surface area contributed by atoms with Crippen LogP contribution in [0.15, 0.2) is 28.0 Å². The Balaban J connectivity index is 1.67. The highest BCUT2D eigenvalue weighted by molar-refractivity contribution is 7.99. The Morgan fingerprint density at radius 1 is 1.27 bits per heavy atom. The van der Waals surface area contributed by atoms with Gasteiger partial charge in [0.1, 0.15) is 0 Å². The van der Waals surface area contributed by atoms with Crippen LogP contribution in [0.25, 0.3) is 11.6 Å². The van der Waals surface area contributed by atoms with Crippen molar-refractivity contribution < 1.29 is 14.0 Å². The summed E-state index contributed by atoms with van der Waals surface area (Å²) in [5.41, 5.74) is -0.325. The van der Waals surface area contributed by atoms with Crippen molar-refractivity contribution in [2.24, 2.45) is 0 Å². The topological polar surface area (TPSA) is 93.3 Å². The zero-order valence-electron chi connectivity index (χ0n) is 18.2. The van der Waals surface area contributed by atoms with Crippen LogP contribution in [0.3, 0.4) is 0 Å². The van der Waals surface area contributed by atoms with Crippen LogP contribution in [-0.4, -0.2) is 56.4 Å². The van der Waals surface area contributed by atoms with Crippen LogP contribution < -0.4 is 5.32 Å². The number of rotatable bonds is 7. The van der Waals surface area contributed by atoms with Crippen LogP contribution in [0.1, 0.15) is 58.9 Å². The minimum Gasteiger partial charge on any atom is -0.461 e. The Bertz CT molecular complexity index is 851. The third-order valence-electron chi connectivity index (χ3n) is 4.99. The molecule has 2 aromatic heterocycles. The molecule has 1 N–H and O–H groups in total. The fraction of sp³-hybridized carbons (Fsp3) is 0.619. The van der Waals surface area contributed by atoms with Crippen molar-refractivity contribution in [3.05, 3.63) is 18.4 Å². The molecule has 1 fully saturated rings. The van der Waals surface area contributed by atoms with Crippen LogP contribution in [0.4, 0.5) is 0 Å². The van der Waals surface area contributed by atoms with Crippen molar-refractivity contribution in [1.82, 2.24) is 25.0 Å². The van der Waals surface area contributed by atoms with Gasteiger partial charge in [0.15, 0.2) is 10.9 Å². The average molecular weight is 434 g/mol. The van der Waals surface area contributed by atoms with Crippen LogP contribution in [0.5, 0.6) is 0 Å². The van der Waals surface area contributed by atoms with E-state index in [1.165, 1.54) is 35.9 Å². The lowest BCUT2D eigenvalue weighted by Crippen LogP contribution is -2.46. The maximum absolute atomic E-state index is 12.6. The van der Waals surface area contributed by atoms with Gasteiger partial charge < -0.3 is 14.6 Å². The number of carbonyl (C=O) groups is 2. The fourth-order valence-corrected chi connectivity index (χ4v) is 4.56. The van der Waals surface area contributed by atoms with Crippen molar-refractivity contribution in [2.45, 2.75) is 69.6 Å². The number of hydrogen-bond donors (Lipinski definition) is 1. The lowest BCUT2D eigenvalue weighted by molar-refractivity contribution is -0.133. The second kappa shape index (κ2) is 9.68. The summed E-state index contributed by atoms with van der Waals surface area (Å²) in [7, 11) is 1.64. The number of aromatic nitrogens is 3. The number of carbonyl (C=O) groups excluding carboxylic acids is 2. The highest BCUT2D eigenvalue weighted by Crippen LogP contribution is 2.35. The Morgan fingerprint density at radius 2 is 2.00 bits per heavy atom. The van der Waals surface area contributed by atoms with E-state index >= 15 is 0 Å². The second-order valence-electron chi connectivity index (χ2n) is 8.78. The maximum Gasteiger partial charge on any atom is 0.240 e. The zero-order chi connectivity index (χ0) is 21.7. The van der Waals surface area contributed by atoms with E-state index in [0.29, 0.717) is 22.8 Å². The van der Waals surface area contributed by atoms with E-state index < -0.39 is 0 Å². The molecule has 3 rings (SSSR count). The number of hydrogen-bond acceptors (Lipinski definition) is 6. The first kappa shape index (κ1) is 22.4. The van der Waals surface area contributed by atoms with Crippen LogP contribution in [0, 0.1) is 0 Å². The quantitative estimate of drug-likeness (QED) is 0.672. The average Bonchev–Trinajstić information content (AvgIpc) is 3.34. The normalized spacial score (nSPS) is 15.2. The molecule has 1 saturated carbocycles.